The molecule has 11 N–H and O–H groups in total. The first-order valence-electron chi connectivity index (χ1n) is 26.2. The first kappa shape index (κ1) is 70.0. The van der Waals surface area contributed by atoms with Gasteiger partial charge in [0.05, 0.1) is 11.6 Å². The number of nitrogens with two attached hydrogens (primary N) is 2. The highest BCUT2D eigenvalue weighted by molar-refractivity contribution is 8.40. The molecule has 0 saturated carbocycles. The normalized spacial score (nSPS) is 11.6. The van der Waals surface area contributed by atoms with E-state index in [-0.39, 0.29) is 82.2 Å². The third-order valence-electron chi connectivity index (χ3n) is 12.3. The number of rotatable bonds is 32. The van der Waals surface area contributed by atoms with Crippen LogP contribution in [0, 0.1) is 12.8 Å². The Morgan fingerprint density at radius 3 is 1.57 bits per heavy atom. The van der Waals surface area contributed by atoms with Gasteiger partial charge in [0.1, 0.15) is 11.8 Å². The summed E-state index contributed by atoms with van der Waals surface area (Å²) in [6.07, 6.45) is 1.54. The molecule has 0 aliphatic carbocycles. The number of nitrogens with one attached hydrogen (secondary N) is 5. The summed E-state index contributed by atoms with van der Waals surface area (Å²) in [6.45, 7) is 3.98. The predicted octanol–water partition coefficient (Wildman–Crippen LogP) is 7.10. The predicted molar refractivity (Wildman–Crippen MR) is 320 cm³/mol. The maximum atomic E-state index is 13.6. The lowest BCUT2D eigenvalue weighted by Gasteiger charge is -2.37. The largest absolute Gasteiger partial charge is 0.481 e. The molecule has 0 aliphatic rings. The highest BCUT2D eigenvalue weighted by Gasteiger charge is 2.35. The fourth-order valence-corrected chi connectivity index (χ4v) is 8.40. The van der Waals surface area contributed by atoms with Gasteiger partial charge in [0, 0.05) is 78.3 Å². The molecule has 432 valence electrons. The molecule has 5 rings (SSSR count). The second-order valence-corrected chi connectivity index (χ2v) is 22.6. The molecule has 0 aromatic heterocycles. The molecule has 0 fully saturated rings. The molecule has 0 bridgehead atoms. The zero-order chi connectivity index (χ0) is 59.7. The van der Waals surface area contributed by atoms with Crippen LogP contribution in [0.25, 0.3) is 0 Å². The Hall–Kier alpha value is -7.11. The zero-order valence-electron chi connectivity index (χ0n) is 45.3. The van der Waals surface area contributed by atoms with Crippen LogP contribution < -0.4 is 38.1 Å². The molecule has 81 heavy (non-hydrogen) atoms. The van der Waals surface area contributed by atoms with E-state index in [1.807, 2.05) is 60.7 Å². The molecule has 0 saturated heterocycles. The monoisotopic (exact) mass is 1180 g/mol. The first-order valence-corrected chi connectivity index (χ1v) is 30.8. The van der Waals surface area contributed by atoms with Crippen molar-refractivity contribution in [1.82, 2.24) is 26.6 Å². The summed E-state index contributed by atoms with van der Waals surface area (Å²) in [7, 11) is 1.74. The van der Waals surface area contributed by atoms with Crippen molar-refractivity contribution < 1.29 is 53.4 Å². The van der Waals surface area contributed by atoms with E-state index in [4.69, 9.17) is 26.2 Å². The number of carboxylic acid groups (broad SMARTS) is 2. The maximum Gasteiger partial charge on any atom is 0.373 e. The van der Waals surface area contributed by atoms with Gasteiger partial charge >= 0.3 is 24.1 Å². The van der Waals surface area contributed by atoms with Crippen molar-refractivity contribution >= 4 is 85.2 Å². The molecule has 22 heteroatoms. The van der Waals surface area contributed by atoms with E-state index in [0.717, 1.165) is 31.8 Å². The van der Waals surface area contributed by atoms with E-state index in [1.165, 1.54) is 22.3 Å². The summed E-state index contributed by atoms with van der Waals surface area (Å²) >= 11 is 8.82. The molecule has 0 heterocycles. The first-order chi connectivity index (χ1) is 39.1. The van der Waals surface area contributed by atoms with Crippen molar-refractivity contribution in [1.29, 1.82) is 0 Å². The lowest BCUT2D eigenvalue weighted by atomic mass is 9.77. The average Bonchev–Trinajstić information content (AvgIpc) is 3.54. The molecule has 5 aromatic rings. The number of ketones is 2. The molecule has 5 aromatic carbocycles. The summed E-state index contributed by atoms with van der Waals surface area (Å²) in [6, 6.07) is 45.7. The fraction of sp³-hybridized carbons (Fsp3) is 0.356. The average molecular weight is 1180 g/mol. The van der Waals surface area contributed by atoms with Gasteiger partial charge in [0.15, 0.2) is 5.78 Å². The SMILES string of the molecule is Cc1ccc(C(NCCN)(c2ccccc2)c2ccccc2)cc1.NCCCC(=O)[C@H](Cc1ccccc1)NC(=O)[C@@H](CC(=O)CCCNC(=O)CCC(NC(=O)NCCCC(=O)O)C(=O)O)Cc1ccccc1.O=C=O.S=PP=S. The van der Waals surface area contributed by atoms with E-state index >= 15 is 0 Å². The van der Waals surface area contributed by atoms with E-state index in [9.17, 15) is 38.7 Å². The van der Waals surface area contributed by atoms with Gasteiger partial charge in [-0.3, -0.25) is 29.3 Å². The molecule has 4 amide bonds. The van der Waals surface area contributed by atoms with Crippen LogP contribution in [0.2, 0.25) is 0 Å². The quantitative estimate of drug-likeness (QED) is 0.0118. The molecule has 0 spiro atoms. The lowest BCUT2D eigenvalue weighted by molar-refractivity contribution is -0.191. The van der Waals surface area contributed by atoms with Gasteiger partial charge in [-0.05, 0) is 103 Å². The van der Waals surface area contributed by atoms with Crippen LogP contribution >= 0.6 is 14.1 Å². The van der Waals surface area contributed by atoms with Crippen molar-refractivity contribution in [2.24, 2.45) is 17.4 Å². The minimum absolute atomic E-state index is 0.0467. The van der Waals surface area contributed by atoms with E-state index in [1.54, 1.807) is 0 Å². The second kappa shape index (κ2) is 41.8. The number of aryl methyl sites for hydroxylation is 1. The standard InChI is InChI=1S/C36H49N5O9.C22H24N2.CO2.P2S2/c37-19-7-15-31(43)30(23-26-12-5-2-6-13-26)40-34(47)27(22-25-10-3-1-4-11-25)24-28(42)14-8-20-38-32(44)18-17-29(35(48)49)41-36(50)39-21-9-16-33(45)46;1-18-12-14-21(15-13-18)22(24-17-16-23,19-8-4-2-5-9-19)20-10-6-3-7-11-20;2-1-3;3-1-2-4/h1-6,10-13,27,29-30H,7-9,14-24,37H2,(H,38,44)(H,40,47)(H,45,46)(H,48,49)(H2,39,41,50);2-15,24H,16-17,23H2,1H3;;/t27-,29?,30+;;;/m1.../s1. The smallest absolute Gasteiger partial charge is 0.373 e. The molecule has 1 unspecified atom stereocenters. The van der Waals surface area contributed by atoms with Crippen LogP contribution in [0.5, 0.6) is 0 Å². The van der Waals surface area contributed by atoms with Gasteiger partial charge in [0.2, 0.25) is 11.8 Å². The van der Waals surface area contributed by atoms with Gasteiger partial charge in [-0.1, -0.05) is 151 Å². The minimum atomic E-state index is -1.34. The van der Waals surface area contributed by atoms with Gasteiger partial charge in [-0.2, -0.15) is 9.59 Å². The third-order valence-corrected chi connectivity index (χ3v) is 15.0. The van der Waals surface area contributed by atoms with Crippen LogP contribution in [0.15, 0.2) is 146 Å². The van der Waals surface area contributed by atoms with Crippen molar-refractivity contribution in [3.05, 3.63) is 179 Å². The number of aliphatic carboxylic acids is 2. The van der Waals surface area contributed by atoms with E-state index in [0.29, 0.717) is 32.4 Å². The van der Waals surface area contributed by atoms with Gasteiger partial charge in [-0.25, -0.2) is 9.59 Å². The Morgan fingerprint density at radius 1 is 0.580 bits per heavy atom. The Labute approximate surface area is 487 Å². The molecular formula is C59H73N7O11P2S2. The van der Waals surface area contributed by atoms with Crippen molar-refractivity contribution in [3.63, 3.8) is 0 Å². The van der Waals surface area contributed by atoms with Crippen LogP contribution in [0.3, 0.4) is 0 Å². The second-order valence-electron chi connectivity index (χ2n) is 18.3. The molecule has 3 atom stereocenters. The minimum Gasteiger partial charge on any atom is -0.481 e. The van der Waals surface area contributed by atoms with Crippen molar-refractivity contribution in [2.75, 3.05) is 32.7 Å². The van der Waals surface area contributed by atoms with Crippen LogP contribution in [-0.2, 0) is 80.4 Å². The van der Waals surface area contributed by atoms with Crippen LogP contribution in [0.4, 0.5) is 4.79 Å². The number of urea groups is 1. The zero-order valence-corrected chi connectivity index (χ0v) is 48.8. The summed E-state index contributed by atoms with van der Waals surface area (Å²) in [5, 5.41) is 31.9. The lowest BCUT2D eigenvalue weighted by Crippen LogP contribution is -2.46. The van der Waals surface area contributed by atoms with Crippen LogP contribution in [-0.4, -0.2) is 103 Å². The Morgan fingerprint density at radius 2 is 1.07 bits per heavy atom. The number of carbonyl (C=O) groups excluding carboxylic acids is 7. The van der Waals surface area contributed by atoms with E-state index in [2.05, 4.69) is 142 Å². The van der Waals surface area contributed by atoms with Gasteiger partial charge in [-0.15, -0.1) is 0 Å². The molecule has 0 radical (unpaired) electrons. The molecule has 0 aliphatic heterocycles. The Bertz CT molecular complexity index is 2690. The number of hydrogen-bond acceptors (Lipinski definition) is 14. The number of carbonyl (C=O) groups is 7. The van der Waals surface area contributed by atoms with Crippen LogP contribution in [0.1, 0.15) is 91.2 Å². The Balaban J connectivity index is 0.000000592. The summed E-state index contributed by atoms with van der Waals surface area (Å²) in [4.78, 5) is 102. The Kier molecular flexibility index (Phi) is 36.2. The van der Waals surface area contributed by atoms with Crippen molar-refractivity contribution in [2.45, 2.75) is 95.2 Å². The summed E-state index contributed by atoms with van der Waals surface area (Å²) < 4.78 is 0. The highest BCUT2D eigenvalue weighted by atomic mass is 32.7. The highest BCUT2D eigenvalue weighted by Crippen LogP contribution is 2.36. The number of benzene rings is 5. The number of carboxylic acids is 2. The number of amides is 4. The van der Waals surface area contributed by atoms with Gasteiger partial charge in [0.25, 0.3) is 0 Å². The third kappa shape index (κ3) is 28.2. The summed E-state index contributed by atoms with van der Waals surface area (Å²) in [5.41, 5.74) is 17.7. The summed E-state index contributed by atoms with van der Waals surface area (Å²) in [5.74, 6) is -4.24. The van der Waals surface area contributed by atoms with Crippen molar-refractivity contribution in [3.8, 4) is 0 Å². The fourth-order valence-electron chi connectivity index (χ4n) is 8.40. The molecule has 18 nitrogen and oxygen atoms in total. The molecular weight excluding hydrogens is 1110 g/mol. The maximum absolute atomic E-state index is 13.6. The number of hydrogen-bond donors (Lipinski definition) is 9. The van der Waals surface area contributed by atoms with E-state index < -0.39 is 53.3 Å². The van der Waals surface area contributed by atoms with Gasteiger partial charge < -0.3 is 42.9 Å². The number of Topliss-reactive ketones (excluding diaryl/α,β-unsaturated/α-hetero) is 2. The topological polar surface area (TPSA) is 306 Å².